The topological polar surface area (TPSA) is 59.3 Å². The Bertz CT molecular complexity index is 1070. The van der Waals surface area contributed by atoms with Gasteiger partial charge in [0.1, 0.15) is 17.3 Å². The molecular formula is C23H19ClFNO3. The first kappa shape index (κ1) is 18.4. The fourth-order valence-electron chi connectivity index (χ4n) is 4.58. The lowest BCUT2D eigenvalue weighted by atomic mass is 9.73. The summed E-state index contributed by atoms with van der Waals surface area (Å²) in [5.41, 5.74) is 3.79. The number of halogens is 2. The van der Waals surface area contributed by atoms with E-state index in [-0.39, 0.29) is 16.6 Å². The van der Waals surface area contributed by atoms with E-state index in [0.29, 0.717) is 41.1 Å². The molecule has 1 aromatic carbocycles. The molecule has 0 amide bonds. The molecule has 1 aliphatic heterocycles. The van der Waals surface area contributed by atoms with Crippen molar-refractivity contribution in [1.29, 1.82) is 0 Å². The number of hydrogen-bond donors (Lipinski definition) is 1. The standard InChI is InChI=1S/C23H19ClFNO3/c24-13-11-12(7-8-14(13)25)19-9-10-20(29-19)23-21-15(3-1-5-17(21)27)26-16-4-2-6-18(28)22(16)23/h7-11,23,26H,1-6H2. The zero-order chi connectivity index (χ0) is 20.1. The number of carbonyl (C=O) groups excluding carboxylic acids is 2. The second-order valence-electron chi connectivity index (χ2n) is 7.73. The molecule has 29 heavy (non-hydrogen) atoms. The second-order valence-corrected chi connectivity index (χ2v) is 8.13. The van der Waals surface area contributed by atoms with Crippen molar-refractivity contribution in [2.45, 2.75) is 44.4 Å². The van der Waals surface area contributed by atoms with Crippen LogP contribution in [0.2, 0.25) is 5.02 Å². The van der Waals surface area contributed by atoms with Crippen molar-refractivity contribution in [3.8, 4) is 11.3 Å². The first-order chi connectivity index (χ1) is 14.0. The third-order valence-corrected chi connectivity index (χ3v) is 6.20. The van der Waals surface area contributed by atoms with Crippen LogP contribution in [0.3, 0.4) is 0 Å². The number of benzene rings is 1. The van der Waals surface area contributed by atoms with Crippen LogP contribution in [0.15, 0.2) is 57.3 Å². The van der Waals surface area contributed by atoms with Gasteiger partial charge in [0.2, 0.25) is 0 Å². The first-order valence-corrected chi connectivity index (χ1v) is 10.3. The van der Waals surface area contributed by atoms with E-state index in [1.54, 1.807) is 12.1 Å². The van der Waals surface area contributed by atoms with Crippen LogP contribution in [-0.2, 0) is 9.59 Å². The Morgan fingerprint density at radius 3 is 2.21 bits per heavy atom. The van der Waals surface area contributed by atoms with Crippen LogP contribution < -0.4 is 5.32 Å². The van der Waals surface area contributed by atoms with Crippen molar-refractivity contribution in [1.82, 2.24) is 5.32 Å². The van der Waals surface area contributed by atoms with Gasteiger partial charge in [-0.3, -0.25) is 9.59 Å². The van der Waals surface area contributed by atoms with Gasteiger partial charge in [0.25, 0.3) is 0 Å². The quantitative estimate of drug-likeness (QED) is 0.714. The van der Waals surface area contributed by atoms with Crippen molar-refractivity contribution in [3.63, 3.8) is 0 Å². The lowest BCUT2D eigenvalue weighted by Crippen LogP contribution is -2.36. The van der Waals surface area contributed by atoms with Gasteiger partial charge in [0.15, 0.2) is 11.6 Å². The lowest BCUT2D eigenvalue weighted by Gasteiger charge is -2.36. The predicted octanol–water partition coefficient (Wildman–Crippen LogP) is 5.44. The van der Waals surface area contributed by atoms with E-state index in [1.807, 2.05) is 6.07 Å². The molecule has 6 heteroatoms. The molecule has 5 rings (SSSR count). The van der Waals surface area contributed by atoms with E-state index in [1.165, 1.54) is 12.1 Å². The summed E-state index contributed by atoms with van der Waals surface area (Å²) < 4.78 is 19.6. The van der Waals surface area contributed by atoms with Gasteiger partial charge >= 0.3 is 0 Å². The van der Waals surface area contributed by atoms with Gasteiger partial charge in [0, 0.05) is 40.9 Å². The summed E-state index contributed by atoms with van der Waals surface area (Å²) in [6, 6.07) is 7.98. The molecule has 0 bridgehead atoms. The highest BCUT2D eigenvalue weighted by Gasteiger charge is 2.41. The van der Waals surface area contributed by atoms with Crippen molar-refractivity contribution in [2.75, 3.05) is 0 Å². The summed E-state index contributed by atoms with van der Waals surface area (Å²) >= 11 is 5.91. The molecule has 0 saturated heterocycles. The maximum absolute atomic E-state index is 13.5. The van der Waals surface area contributed by atoms with Crippen molar-refractivity contribution < 1.29 is 18.4 Å². The predicted molar refractivity (Wildman–Crippen MR) is 107 cm³/mol. The van der Waals surface area contributed by atoms with Gasteiger partial charge in [-0.25, -0.2) is 4.39 Å². The van der Waals surface area contributed by atoms with Crippen LogP contribution in [0, 0.1) is 5.82 Å². The third kappa shape index (κ3) is 3.04. The van der Waals surface area contributed by atoms with Gasteiger partial charge in [-0.1, -0.05) is 11.6 Å². The molecule has 2 aromatic rings. The van der Waals surface area contributed by atoms with E-state index in [2.05, 4.69) is 5.32 Å². The maximum Gasteiger partial charge on any atom is 0.161 e. The largest absolute Gasteiger partial charge is 0.460 e. The third-order valence-electron chi connectivity index (χ3n) is 5.91. The number of allylic oxidation sites excluding steroid dienone is 4. The average molecular weight is 412 g/mol. The number of Topliss-reactive ketones (excluding diaryl/α,β-unsaturated/α-hetero) is 2. The minimum Gasteiger partial charge on any atom is -0.460 e. The Morgan fingerprint density at radius 2 is 1.59 bits per heavy atom. The van der Waals surface area contributed by atoms with Gasteiger partial charge in [0.05, 0.1) is 10.9 Å². The normalized spacial score (nSPS) is 19.9. The van der Waals surface area contributed by atoms with Crippen LogP contribution in [0.5, 0.6) is 0 Å². The average Bonchev–Trinajstić information content (AvgIpc) is 3.19. The van der Waals surface area contributed by atoms with E-state index < -0.39 is 11.7 Å². The molecule has 0 unspecified atom stereocenters. The van der Waals surface area contributed by atoms with Crippen molar-refractivity contribution >= 4 is 23.2 Å². The van der Waals surface area contributed by atoms with Crippen LogP contribution >= 0.6 is 11.6 Å². The highest BCUT2D eigenvalue weighted by Crippen LogP contribution is 2.46. The molecule has 0 radical (unpaired) electrons. The number of nitrogens with one attached hydrogen (secondary N) is 1. The molecule has 0 atom stereocenters. The van der Waals surface area contributed by atoms with Crippen LogP contribution in [0.1, 0.15) is 50.2 Å². The summed E-state index contributed by atoms with van der Waals surface area (Å²) in [6.45, 7) is 0. The molecule has 0 saturated carbocycles. The Labute approximate surface area is 172 Å². The smallest absolute Gasteiger partial charge is 0.161 e. The highest BCUT2D eigenvalue weighted by atomic mass is 35.5. The van der Waals surface area contributed by atoms with Crippen LogP contribution in [0.4, 0.5) is 4.39 Å². The molecular weight excluding hydrogens is 393 g/mol. The van der Waals surface area contributed by atoms with E-state index in [0.717, 1.165) is 37.1 Å². The van der Waals surface area contributed by atoms with E-state index >= 15 is 0 Å². The van der Waals surface area contributed by atoms with Gasteiger partial charge in [-0.15, -0.1) is 0 Å². The fraction of sp³-hybridized carbons (Fsp3) is 0.304. The minimum absolute atomic E-state index is 0.0159. The molecule has 148 valence electrons. The number of ketones is 2. The number of rotatable bonds is 2. The Balaban J connectivity index is 1.62. The number of furan rings is 1. The van der Waals surface area contributed by atoms with Crippen molar-refractivity contribution in [3.05, 3.63) is 69.5 Å². The van der Waals surface area contributed by atoms with Crippen LogP contribution in [0.25, 0.3) is 11.3 Å². The summed E-state index contributed by atoms with van der Waals surface area (Å²) in [7, 11) is 0. The highest BCUT2D eigenvalue weighted by molar-refractivity contribution is 6.31. The molecule has 1 aromatic heterocycles. The fourth-order valence-corrected chi connectivity index (χ4v) is 4.76. The zero-order valence-corrected chi connectivity index (χ0v) is 16.4. The molecule has 3 aliphatic rings. The molecule has 2 aliphatic carbocycles. The summed E-state index contributed by atoms with van der Waals surface area (Å²) in [5.74, 6) is 0.244. The summed E-state index contributed by atoms with van der Waals surface area (Å²) in [5, 5.41) is 3.40. The minimum atomic E-state index is -0.495. The maximum atomic E-state index is 13.5. The number of hydrogen-bond acceptors (Lipinski definition) is 4. The van der Waals surface area contributed by atoms with E-state index in [4.69, 9.17) is 16.0 Å². The zero-order valence-electron chi connectivity index (χ0n) is 15.7. The molecule has 2 heterocycles. The Hall–Kier alpha value is -2.66. The van der Waals surface area contributed by atoms with Crippen LogP contribution in [-0.4, -0.2) is 11.6 Å². The van der Waals surface area contributed by atoms with E-state index in [9.17, 15) is 14.0 Å². The van der Waals surface area contributed by atoms with Gasteiger partial charge < -0.3 is 9.73 Å². The van der Waals surface area contributed by atoms with Crippen molar-refractivity contribution in [2.24, 2.45) is 0 Å². The van der Waals surface area contributed by atoms with Gasteiger partial charge in [-0.05, 0) is 56.0 Å². The molecule has 4 nitrogen and oxygen atoms in total. The molecule has 0 spiro atoms. The molecule has 1 N–H and O–H groups in total. The molecule has 0 fully saturated rings. The SMILES string of the molecule is O=C1CCCC2=C1C(c1ccc(-c3ccc(F)c(Cl)c3)o1)C1=C(CCCC1=O)N2. The lowest BCUT2D eigenvalue weighted by molar-refractivity contribution is -0.117. The second kappa shape index (κ2) is 6.99. The monoisotopic (exact) mass is 411 g/mol. The summed E-state index contributed by atoms with van der Waals surface area (Å²) in [4.78, 5) is 25.6. The first-order valence-electron chi connectivity index (χ1n) is 9.87. The summed E-state index contributed by atoms with van der Waals surface area (Å²) in [6.07, 6.45) is 4.17. The van der Waals surface area contributed by atoms with Gasteiger partial charge in [-0.2, -0.15) is 0 Å². The number of carbonyl (C=O) groups is 2. The Kier molecular flexibility index (Phi) is 4.43. The Morgan fingerprint density at radius 1 is 0.931 bits per heavy atom. The number of dihydropyridines is 1.